The van der Waals surface area contributed by atoms with Gasteiger partial charge in [-0.1, -0.05) is 19.8 Å². The zero-order valence-electron chi connectivity index (χ0n) is 15.4. The molecule has 4 rings (SSSR count). The number of nitro benzene ring substituents is 1. The summed E-state index contributed by atoms with van der Waals surface area (Å²) in [6.07, 6.45) is 6.12. The zero-order chi connectivity index (χ0) is 19.9. The van der Waals surface area contributed by atoms with Crippen molar-refractivity contribution in [1.82, 2.24) is 5.43 Å². The van der Waals surface area contributed by atoms with Gasteiger partial charge in [0.05, 0.1) is 11.1 Å². The number of non-ortho nitro benzene ring substituents is 1. The average molecular weight is 446 g/mol. The average Bonchev–Trinajstić information content (AvgIpc) is 3.03. The van der Waals surface area contributed by atoms with Crippen molar-refractivity contribution < 1.29 is 14.1 Å². The predicted molar refractivity (Wildman–Crippen MR) is 108 cm³/mol. The van der Waals surface area contributed by atoms with E-state index in [1.54, 1.807) is 18.2 Å². The van der Waals surface area contributed by atoms with Crippen LogP contribution >= 0.6 is 15.9 Å². The lowest BCUT2D eigenvalue weighted by Gasteiger charge is -2.15. The minimum Gasteiger partial charge on any atom is -0.455 e. The minimum absolute atomic E-state index is 0.000943. The van der Waals surface area contributed by atoms with Gasteiger partial charge in [0.25, 0.3) is 5.69 Å². The summed E-state index contributed by atoms with van der Waals surface area (Å²) in [6.45, 7) is 2.20. The number of hydrazone groups is 1. The highest BCUT2D eigenvalue weighted by atomic mass is 79.9. The molecule has 1 amide bonds. The highest BCUT2D eigenvalue weighted by Gasteiger charge is 2.64. The number of carbonyl (C=O) groups is 1. The third-order valence-corrected chi connectivity index (χ3v) is 6.69. The Labute approximate surface area is 170 Å². The van der Waals surface area contributed by atoms with Crippen LogP contribution in [-0.2, 0) is 4.79 Å². The Morgan fingerprint density at radius 3 is 2.89 bits per heavy atom. The van der Waals surface area contributed by atoms with Gasteiger partial charge < -0.3 is 4.42 Å². The van der Waals surface area contributed by atoms with Crippen molar-refractivity contribution in [3.8, 4) is 11.3 Å². The number of furan rings is 1. The molecule has 0 bridgehead atoms. The Kier molecular flexibility index (Phi) is 4.82. The number of nitro groups is 1. The van der Waals surface area contributed by atoms with Crippen LogP contribution in [0.15, 0.2) is 44.3 Å². The van der Waals surface area contributed by atoms with Crippen LogP contribution in [0, 0.1) is 27.4 Å². The Bertz CT molecular complexity index is 970. The number of carbonyl (C=O) groups excluding carboxylic acids is 1. The smallest absolute Gasteiger partial charge is 0.270 e. The van der Waals surface area contributed by atoms with Gasteiger partial charge in [0, 0.05) is 28.1 Å². The van der Waals surface area contributed by atoms with Crippen LogP contribution < -0.4 is 5.43 Å². The van der Waals surface area contributed by atoms with Crippen molar-refractivity contribution in [2.75, 3.05) is 0 Å². The molecule has 3 atom stereocenters. The Morgan fingerprint density at radius 2 is 2.21 bits per heavy atom. The first-order valence-electron chi connectivity index (χ1n) is 9.27. The number of nitrogens with one attached hydrogen (secondary N) is 1. The van der Waals surface area contributed by atoms with E-state index in [1.165, 1.54) is 31.2 Å². The van der Waals surface area contributed by atoms with Crippen molar-refractivity contribution in [1.29, 1.82) is 0 Å². The Morgan fingerprint density at radius 1 is 1.39 bits per heavy atom. The quantitative estimate of drug-likeness (QED) is 0.402. The number of halogens is 1. The molecule has 0 saturated heterocycles. The molecule has 28 heavy (non-hydrogen) atoms. The number of benzene rings is 1. The van der Waals surface area contributed by atoms with Crippen molar-refractivity contribution in [2.45, 2.75) is 32.6 Å². The first-order valence-corrected chi connectivity index (χ1v) is 10.1. The van der Waals surface area contributed by atoms with Crippen LogP contribution in [0.1, 0.15) is 38.4 Å². The first-order chi connectivity index (χ1) is 13.4. The maximum atomic E-state index is 12.4. The fourth-order valence-corrected chi connectivity index (χ4v) is 5.03. The Hall–Kier alpha value is -2.48. The monoisotopic (exact) mass is 445 g/mol. The highest BCUT2D eigenvalue weighted by Crippen LogP contribution is 2.66. The van der Waals surface area contributed by atoms with Gasteiger partial charge in [-0.3, -0.25) is 14.9 Å². The van der Waals surface area contributed by atoms with Crippen LogP contribution in [0.5, 0.6) is 0 Å². The van der Waals surface area contributed by atoms with Crippen molar-refractivity contribution >= 4 is 33.7 Å². The summed E-state index contributed by atoms with van der Waals surface area (Å²) in [5.74, 6) is 1.58. The summed E-state index contributed by atoms with van der Waals surface area (Å²) < 4.78 is 6.29. The van der Waals surface area contributed by atoms with E-state index in [1.807, 2.05) is 0 Å². The van der Waals surface area contributed by atoms with Crippen molar-refractivity contribution in [3.63, 3.8) is 0 Å². The zero-order valence-corrected chi connectivity index (χ0v) is 16.9. The molecule has 2 aromatic rings. The fourth-order valence-electron chi connectivity index (χ4n) is 4.46. The molecule has 2 aliphatic rings. The molecule has 146 valence electrons. The molecule has 3 unspecified atom stereocenters. The molecule has 7 nitrogen and oxygen atoms in total. The van der Waals surface area contributed by atoms with Crippen LogP contribution in [0.4, 0.5) is 5.69 Å². The first kappa shape index (κ1) is 18.9. The summed E-state index contributed by atoms with van der Waals surface area (Å²) in [4.78, 5) is 22.8. The van der Waals surface area contributed by atoms with Gasteiger partial charge in [-0.15, -0.1) is 0 Å². The summed E-state index contributed by atoms with van der Waals surface area (Å²) in [5, 5.41) is 14.9. The molecule has 0 radical (unpaired) electrons. The van der Waals surface area contributed by atoms with E-state index in [0.29, 0.717) is 27.5 Å². The lowest BCUT2D eigenvalue weighted by atomic mass is 9.90. The van der Waals surface area contributed by atoms with Crippen LogP contribution in [0.25, 0.3) is 11.3 Å². The predicted octanol–water partition coefficient (Wildman–Crippen LogP) is 4.89. The molecule has 2 aliphatic carbocycles. The van der Waals surface area contributed by atoms with Gasteiger partial charge in [-0.05, 0) is 58.3 Å². The van der Waals surface area contributed by atoms with E-state index in [2.05, 4.69) is 33.4 Å². The third kappa shape index (κ3) is 3.37. The second-order valence-corrected chi connectivity index (χ2v) is 8.55. The number of fused-ring (bicyclic) bond motifs is 1. The lowest BCUT2D eigenvalue weighted by Crippen LogP contribution is -2.22. The Balaban J connectivity index is 1.40. The van der Waals surface area contributed by atoms with Gasteiger partial charge in [0.15, 0.2) is 0 Å². The van der Waals surface area contributed by atoms with Gasteiger partial charge >= 0.3 is 0 Å². The SMILES string of the molecule is CC12CCCCC1C2C(=O)NN=Cc1ccc(-c2ccc([N+](=O)[O-])cc2Br)o1. The van der Waals surface area contributed by atoms with Gasteiger partial charge in [0.2, 0.25) is 5.91 Å². The maximum absolute atomic E-state index is 12.4. The summed E-state index contributed by atoms with van der Waals surface area (Å²) in [7, 11) is 0. The molecule has 2 fully saturated rings. The van der Waals surface area contributed by atoms with Crippen molar-refractivity contribution in [2.24, 2.45) is 22.4 Å². The van der Waals surface area contributed by atoms with Gasteiger partial charge in [-0.2, -0.15) is 5.10 Å². The number of hydrogen-bond donors (Lipinski definition) is 1. The normalized spacial score (nSPS) is 26.1. The van der Waals surface area contributed by atoms with Crippen LogP contribution in [0.2, 0.25) is 0 Å². The highest BCUT2D eigenvalue weighted by molar-refractivity contribution is 9.10. The number of hydrogen-bond acceptors (Lipinski definition) is 5. The molecule has 0 aliphatic heterocycles. The summed E-state index contributed by atoms with van der Waals surface area (Å²) >= 11 is 3.34. The fraction of sp³-hybridized carbons (Fsp3) is 0.400. The molecule has 1 aromatic carbocycles. The van der Waals surface area contributed by atoms with E-state index in [9.17, 15) is 14.9 Å². The standard InChI is InChI=1S/C20H20BrN3O4/c1-20-9-3-2-4-15(20)18(20)19(25)23-22-11-13-6-8-17(28-13)14-7-5-12(24(26)27)10-16(14)21/h5-8,10-11,15,18H,2-4,9H2,1H3,(H,23,25). The second-order valence-electron chi connectivity index (χ2n) is 7.69. The molecular formula is C20H20BrN3O4. The molecule has 8 heteroatoms. The maximum Gasteiger partial charge on any atom is 0.270 e. The molecular weight excluding hydrogens is 426 g/mol. The minimum atomic E-state index is -0.451. The van der Waals surface area contributed by atoms with E-state index in [-0.39, 0.29) is 22.9 Å². The number of rotatable bonds is 5. The largest absolute Gasteiger partial charge is 0.455 e. The van der Waals surface area contributed by atoms with E-state index in [0.717, 1.165) is 12.8 Å². The molecule has 1 aromatic heterocycles. The summed E-state index contributed by atoms with van der Waals surface area (Å²) in [6, 6.07) is 7.97. The summed E-state index contributed by atoms with van der Waals surface area (Å²) in [5.41, 5.74) is 3.49. The molecule has 0 spiro atoms. The van der Waals surface area contributed by atoms with Crippen LogP contribution in [0.3, 0.4) is 0 Å². The molecule has 1 heterocycles. The topological polar surface area (TPSA) is 97.7 Å². The third-order valence-electron chi connectivity index (χ3n) is 6.04. The van der Waals surface area contributed by atoms with E-state index >= 15 is 0 Å². The number of amides is 1. The van der Waals surface area contributed by atoms with E-state index < -0.39 is 4.92 Å². The molecule has 2 saturated carbocycles. The van der Waals surface area contributed by atoms with E-state index in [4.69, 9.17) is 4.42 Å². The number of nitrogens with zero attached hydrogens (tertiary/aromatic N) is 2. The van der Waals surface area contributed by atoms with Gasteiger partial charge in [-0.25, -0.2) is 5.43 Å². The van der Waals surface area contributed by atoms with Crippen LogP contribution in [-0.4, -0.2) is 17.0 Å². The lowest BCUT2D eigenvalue weighted by molar-refractivity contribution is -0.384. The molecule has 1 N–H and O–H groups in total. The second kappa shape index (κ2) is 7.16. The van der Waals surface area contributed by atoms with Gasteiger partial charge in [0.1, 0.15) is 11.5 Å². The van der Waals surface area contributed by atoms with Crippen molar-refractivity contribution in [3.05, 3.63) is 50.7 Å².